The van der Waals surface area contributed by atoms with Gasteiger partial charge in [0.15, 0.2) is 5.15 Å². The summed E-state index contributed by atoms with van der Waals surface area (Å²) < 4.78 is 28.5. The van der Waals surface area contributed by atoms with Crippen LogP contribution in [0.5, 0.6) is 0 Å². The van der Waals surface area contributed by atoms with Crippen molar-refractivity contribution in [2.75, 3.05) is 4.72 Å². The number of aryl methyl sites for hydroxylation is 1. The number of aromatic nitrogens is 2. The predicted molar refractivity (Wildman–Crippen MR) is 80.1 cm³/mol. The average Bonchev–Trinajstić information content (AvgIpc) is 2.77. The lowest BCUT2D eigenvalue weighted by atomic mass is 10.4. The van der Waals surface area contributed by atoms with E-state index in [-0.39, 0.29) is 21.4 Å². The molecular weight excluding hydrogens is 386 g/mol. The maximum atomic E-state index is 12.2. The lowest BCUT2D eigenvalue weighted by Crippen LogP contribution is -2.13. The number of hydrogen-bond donors (Lipinski definition) is 2. The molecule has 0 unspecified atom stereocenters. The Bertz CT molecular complexity index is 819. The zero-order valence-electron chi connectivity index (χ0n) is 10.5. The van der Waals surface area contributed by atoms with Gasteiger partial charge in [-0.25, -0.2) is 18.2 Å². The van der Waals surface area contributed by atoms with Crippen LogP contribution in [0.4, 0.5) is 5.69 Å². The van der Waals surface area contributed by atoms with Crippen LogP contribution >= 0.6 is 27.5 Å². The van der Waals surface area contributed by atoms with Crippen LogP contribution in [0, 0.1) is 0 Å². The smallest absolute Gasteiger partial charge is 0.352 e. The fourth-order valence-electron chi connectivity index (χ4n) is 1.59. The largest absolute Gasteiger partial charge is 0.477 e. The van der Waals surface area contributed by atoms with Gasteiger partial charge in [0, 0.05) is 23.9 Å². The molecule has 0 aliphatic carbocycles. The lowest BCUT2D eigenvalue weighted by Gasteiger charge is -2.07. The zero-order chi connectivity index (χ0) is 15.8. The lowest BCUT2D eigenvalue weighted by molar-refractivity contribution is 0.0686. The van der Waals surface area contributed by atoms with Crippen LogP contribution in [-0.4, -0.2) is 29.0 Å². The summed E-state index contributed by atoms with van der Waals surface area (Å²) in [5.74, 6) is -1.22. The van der Waals surface area contributed by atoms with Gasteiger partial charge in [0.2, 0.25) is 0 Å². The van der Waals surface area contributed by atoms with Crippen molar-refractivity contribution in [3.63, 3.8) is 0 Å². The van der Waals surface area contributed by atoms with Crippen molar-refractivity contribution in [3.05, 3.63) is 39.8 Å². The first-order valence-corrected chi connectivity index (χ1v) is 8.09. The molecule has 2 heterocycles. The standard InChI is InChI=1S/C11H9BrClN3O4S/c1-16-5-7(3-9(16)11(17)18)21(19,20)15-8-2-6(12)4-14-10(8)13/h2-5,15H,1H3,(H,17,18). The van der Waals surface area contributed by atoms with E-state index in [1.165, 1.54) is 30.1 Å². The minimum Gasteiger partial charge on any atom is -0.477 e. The van der Waals surface area contributed by atoms with E-state index in [4.69, 9.17) is 16.7 Å². The summed E-state index contributed by atoms with van der Waals surface area (Å²) in [4.78, 5) is 14.6. The molecule has 2 aromatic rings. The van der Waals surface area contributed by atoms with E-state index in [0.717, 1.165) is 6.07 Å². The number of carboxylic acids is 1. The summed E-state index contributed by atoms with van der Waals surface area (Å²) in [5, 5.41) is 8.92. The highest BCUT2D eigenvalue weighted by atomic mass is 79.9. The summed E-state index contributed by atoms with van der Waals surface area (Å²) in [6.45, 7) is 0. The molecule has 0 radical (unpaired) electrons. The number of anilines is 1. The number of hydrogen-bond acceptors (Lipinski definition) is 4. The number of halogens is 2. The summed E-state index contributed by atoms with van der Waals surface area (Å²) in [6.07, 6.45) is 2.62. The monoisotopic (exact) mass is 393 g/mol. The Hall–Kier alpha value is -1.58. The molecule has 2 rings (SSSR count). The van der Waals surface area contributed by atoms with E-state index < -0.39 is 16.0 Å². The molecule has 0 fully saturated rings. The van der Waals surface area contributed by atoms with Crippen LogP contribution in [0.1, 0.15) is 10.5 Å². The van der Waals surface area contributed by atoms with Gasteiger partial charge in [0.25, 0.3) is 10.0 Å². The van der Waals surface area contributed by atoms with E-state index in [9.17, 15) is 13.2 Å². The molecule has 0 atom stereocenters. The fraction of sp³-hybridized carbons (Fsp3) is 0.0909. The summed E-state index contributed by atoms with van der Waals surface area (Å²) in [7, 11) is -2.53. The van der Waals surface area contributed by atoms with Crippen molar-refractivity contribution in [3.8, 4) is 0 Å². The van der Waals surface area contributed by atoms with Crippen LogP contribution in [0.15, 0.2) is 33.9 Å². The van der Waals surface area contributed by atoms with Gasteiger partial charge in [0.1, 0.15) is 10.6 Å². The van der Waals surface area contributed by atoms with Crippen LogP contribution in [-0.2, 0) is 17.1 Å². The molecule has 0 aliphatic rings. The second-order valence-corrected chi connectivity index (χ2v) is 7.03. The fourth-order valence-corrected chi connectivity index (χ4v) is 3.26. The van der Waals surface area contributed by atoms with Gasteiger partial charge >= 0.3 is 5.97 Å². The van der Waals surface area contributed by atoms with Gasteiger partial charge in [-0.2, -0.15) is 0 Å². The second-order valence-electron chi connectivity index (χ2n) is 4.07. The third-order valence-electron chi connectivity index (χ3n) is 2.56. The van der Waals surface area contributed by atoms with Crippen molar-refractivity contribution in [1.29, 1.82) is 0 Å². The highest BCUT2D eigenvalue weighted by Crippen LogP contribution is 2.26. The minimum absolute atomic E-state index is 0.0174. The van der Waals surface area contributed by atoms with Crippen molar-refractivity contribution < 1.29 is 18.3 Å². The normalized spacial score (nSPS) is 11.4. The summed E-state index contributed by atoms with van der Waals surface area (Å²) >= 11 is 8.98. The van der Waals surface area contributed by atoms with Gasteiger partial charge in [-0.3, -0.25) is 4.72 Å². The molecule has 0 bridgehead atoms. The molecule has 0 saturated carbocycles. The number of aromatic carboxylic acids is 1. The highest BCUT2D eigenvalue weighted by Gasteiger charge is 2.21. The number of pyridine rings is 1. The molecule has 112 valence electrons. The molecule has 2 N–H and O–H groups in total. The summed E-state index contributed by atoms with van der Waals surface area (Å²) in [5.41, 5.74) is -0.0550. The topological polar surface area (TPSA) is 101 Å². The minimum atomic E-state index is -3.97. The molecule has 0 aromatic carbocycles. The summed E-state index contributed by atoms with van der Waals surface area (Å²) in [6, 6.07) is 2.51. The molecule has 0 amide bonds. The molecule has 21 heavy (non-hydrogen) atoms. The van der Waals surface area contributed by atoms with Crippen molar-refractivity contribution in [2.24, 2.45) is 7.05 Å². The molecule has 0 spiro atoms. The Morgan fingerprint density at radius 1 is 1.48 bits per heavy atom. The SMILES string of the molecule is Cn1cc(S(=O)(=O)Nc2cc(Br)cnc2Cl)cc1C(=O)O. The molecule has 2 aromatic heterocycles. The van der Waals surface area contributed by atoms with Crippen molar-refractivity contribution in [2.45, 2.75) is 4.90 Å². The van der Waals surface area contributed by atoms with Crippen LogP contribution in [0.25, 0.3) is 0 Å². The number of nitrogens with one attached hydrogen (secondary N) is 1. The number of carbonyl (C=O) groups is 1. The molecule has 10 heteroatoms. The van der Waals surface area contributed by atoms with E-state index in [1.807, 2.05) is 0 Å². The Morgan fingerprint density at radius 2 is 2.14 bits per heavy atom. The molecular formula is C11H9BrClN3O4S. The van der Waals surface area contributed by atoms with Gasteiger partial charge in [-0.05, 0) is 28.1 Å². The van der Waals surface area contributed by atoms with Crippen molar-refractivity contribution >= 4 is 49.2 Å². The number of nitrogens with zero attached hydrogens (tertiary/aromatic N) is 2. The van der Waals surface area contributed by atoms with E-state index in [0.29, 0.717) is 4.47 Å². The first-order chi connectivity index (χ1) is 9.70. The Balaban J connectivity index is 2.41. The first kappa shape index (κ1) is 15.8. The van der Waals surface area contributed by atoms with Crippen LogP contribution in [0.3, 0.4) is 0 Å². The first-order valence-electron chi connectivity index (χ1n) is 5.44. The molecule has 0 saturated heterocycles. The van der Waals surface area contributed by atoms with E-state index in [1.54, 1.807) is 0 Å². The predicted octanol–water partition coefficient (Wildman–Crippen LogP) is 2.33. The van der Waals surface area contributed by atoms with Gasteiger partial charge in [0.05, 0.1) is 5.69 Å². The molecule has 7 nitrogen and oxygen atoms in total. The van der Waals surface area contributed by atoms with Gasteiger partial charge in [-0.15, -0.1) is 0 Å². The number of sulfonamides is 1. The van der Waals surface area contributed by atoms with E-state index >= 15 is 0 Å². The Kier molecular flexibility index (Phi) is 4.26. The number of carboxylic acid groups (broad SMARTS) is 1. The maximum absolute atomic E-state index is 12.2. The second kappa shape index (κ2) is 5.66. The van der Waals surface area contributed by atoms with Gasteiger partial charge < -0.3 is 9.67 Å². The van der Waals surface area contributed by atoms with Crippen molar-refractivity contribution in [1.82, 2.24) is 9.55 Å². The zero-order valence-corrected chi connectivity index (χ0v) is 13.7. The van der Waals surface area contributed by atoms with E-state index in [2.05, 4.69) is 25.6 Å². The average molecular weight is 395 g/mol. The number of rotatable bonds is 4. The highest BCUT2D eigenvalue weighted by molar-refractivity contribution is 9.10. The Morgan fingerprint density at radius 3 is 2.71 bits per heavy atom. The van der Waals surface area contributed by atoms with Crippen LogP contribution < -0.4 is 4.72 Å². The maximum Gasteiger partial charge on any atom is 0.352 e. The Labute approximate surface area is 133 Å². The third kappa shape index (κ3) is 3.36. The quantitative estimate of drug-likeness (QED) is 0.775. The molecule has 0 aliphatic heterocycles. The third-order valence-corrected chi connectivity index (χ3v) is 4.63. The van der Waals surface area contributed by atoms with Gasteiger partial charge in [-0.1, -0.05) is 11.6 Å². The van der Waals surface area contributed by atoms with Crippen LogP contribution in [0.2, 0.25) is 5.15 Å².